The van der Waals surface area contributed by atoms with Gasteiger partial charge in [-0.2, -0.15) is 14.7 Å². The SMILES string of the molecule is CCO[Si](CCCNCCP(=NP(=S)(Oc1ccc(/C=N/N(C)P(=S)(Oc2ccccc2)Oc2ccccc2)cc1)Oc1ccc(/C=N/N(C)P(=S)(Oc2ccccc2)Oc2ccccc2)cc1)(c1ccccc1)c1ccccc1)(OCC)OCC. The second kappa shape index (κ2) is 32.6. The van der Waals surface area contributed by atoms with Gasteiger partial charge in [0.25, 0.3) is 0 Å². The van der Waals surface area contributed by atoms with Crippen molar-refractivity contribution < 1.29 is 40.4 Å². The molecule has 0 saturated carbocycles. The zero-order chi connectivity index (χ0) is 60.6. The summed E-state index contributed by atoms with van der Waals surface area (Å²) in [4.78, 5) is 0. The highest BCUT2D eigenvalue weighted by Crippen LogP contribution is 2.62. The van der Waals surface area contributed by atoms with Gasteiger partial charge in [0.05, 0.1) is 12.4 Å². The first kappa shape index (κ1) is 65.7. The molecule has 0 fully saturated rings. The number of para-hydroxylation sites is 4. The van der Waals surface area contributed by atoms with Gasteiger partial charge < -0.3 is 45.7 Å². The van der Waals surface area contributed by atoms with E-state index in [-0.39, 0.29) is 0 Å². The van der Waals surface area contributed by atoms with E-state index in [4.69, 9.17) is 90.6 Å². The predicted molar refractivity (Wildman–Crippen MR) is 365 cm³/mol. The van der Waals surface area contributed by atoms with Crippen molar-refractivity contribution >= 4 is 94.2 Å². The average Bonchev–Trinajstić information content (AvgIpc) is 3.70. The van der Waals surface area contributed by atoms with E-state index in [2.05, 4.69) is 29.6 Å². The minimum Gasteiger partial charge on any atom is -0.420 e. The van der Waals surface area contributed by atoms with Gasteiger partial charge in [0, 0.05) is 95.1 Å². The summed E-state index contributed by atoms with van der Waals surface area (Å²) in [6, 6.07) is 73.6. The van der Waals surface area contributed by atoms with Crippen LogP contribution in [0.2, 0.25) is 6.04 Å². The second-order valence-corrected chi connectivity index (χ2v) is 34.6. The van der Waals surface area contributed by atoms with Crippen LogP contribution < -0.4 is 43.1 Å². The highest BCUT2D eigenvalue weighted by molar-refractivity contribution is 8.11. The topological polar surface area (TPSA) is 139 Å². The monoisotopic (exact) mass is 1300 g/mol. The quantitative estimate of drug-likeness (QED) is 0.0134. The van der Waals surface area contributed by atoms with Crippen LogP contribution >= 0.6 is 27.0 Å². The van der Waals surface area contributed by atoms with Crippen molar-refractivity contribution in [1.29, 1.82) is 0 Å². The summed E-state index contributed by atoms with van der Waals surface area (Å²) in [5.41, 5.74) is 1.50. The van der Waals surface area contributed by atoms with Crippen LogP contribution in [0.25, 0.3) is 0 Å². The Bertz CT molecular complexity index is 3280. The van der Waals surface area contributed by atoms with Crippen LogP contribution in [0.15, 0.2) is 245 Å². The first-order valence-corrected chi connectivity index (χ1v) is 39.7. The molecule has 15 nitrogen and oxygen atoms in total. The molecule has 0 radical (unpaired) electrons. The van der Waals surface area contributed by atoms with Crippen molar-refractivity contribution in [2.24, 2.45) is 14.7 Å². The summed E-state index contributed by atoms with van der Waals surface area (Å²) in [5.74, 6) is 3.17. The number of hydrogen-bond donors (Lipinski definition) is 1. The molecule has 8 rings (SSSR count). The fourth-order valence-electron chi connectivity index (χ4n) is 8.60. The van der Waals surface area contributed by atoms with Gasteiger partial charge in [0.15, 0.2) is 0 Å². The van der Waals surface area contributed by atoms with Gasteiger partial charge in [-0.05, 0) is 153 Å². The molecule has 0 amide bonds. The highest BCUT2D eigenvalue weighted by Gasteiger charge is 2.40. The first-order valence-electron chi connectivity index (χ1n) is 28.1. The summed E-state index contributed by atoms with van der Waals surface area (Å²) in [7, 11) is -2.18. The van der Waals surface area contributed by atoms with Crippen molar-refractivity contribution in [3.05, 3.63) is 242 Å². The third kappa shape index (κ3) is 19.1. The van der Waals surface area contributed by atoms with E-state index < -0.39 is 35.8 Å². The van der Waals surface area contributed by atoms with Crippen molar-refractivity contribution in [1.82, 2.24) is 14.9 Å². The van der Waals surface area contributed by atoms with Gasteiger partial charge in [-0.3, -0.25) is 0 Å². The number of hydrogen-bond acceptors (Lipinski definition) is 15. The van der Waals surface area contributed by atoms with Crippen LogP contribution in [0.1, 0.15) is 38.3 Å². The second-order valence-electron chi connectivity index (χ2n) is 18.9. The Labute approximate surface area is 523 Å². The number of nitrogens with zero attached hydrogens (tertiary/aromatic N) is 5. The lowest BCUT2D eigenvalue weighted by molar-refractivity contribution is 0.0708. The van der Waals surface area contributed by atoms with E-state index in [1.807, 2.05) is 227 Å². The Morgan fingerprint density at radius 2 is 0.733 bits per heavy atom. The summed E-state index contributed by atoms with van der Waals surface area (Å²) < 4.78 is 66.9. The van der Waals surface area contributed by atoms with E-state index in [1.54, 1.807) is 36.1 Å². The molecular weight excluding hydrogens is 1230 g/mol. The van der Waals surface area contributed by atoms with E-state index in [1.165, 1.54) is 0 Å². The van der Waals surface area contributed by atoms with E-state index in [0.29, 0.717) is 79.6 Å². The molecule has 0 unspecified atom stereocenters. The zero-order valence-corrected chi connectivity index (χ0v) is 55.7. The summed E-state index contributed by atoms with van der Waals surface area (Å²) in [6.45, 7) is -1.40. The fourth-order valence-corrected chi connectivity index (χ4v) is 23.0. The maximum absolute atomic E-state index is 7.00. The van der Waals surface area contributed by atoms with Crippen molar-refractivity contribution in [2.75, 3.05) is 53.2 Å². The number of rotatable bonds is 34. The first-order chi connectivity index (χ1) is 41.8. The van der Waals surface area contributed by atoms with Crippen LogP contribution in [0.5, 0.6) is 34.5 Å². The van der Waals surface area contributed by atoms with Crippen LogP contribution in [0.4, 0.5) is 0 Å². The minimum atomic E-state index is -3.73. The molecule has 0 heterocycles. The van der Waals surface area contributed by atoms with E-state index >= 15 is 0 Å². The molecule has 0 aliphatic heterocycles. The molecule has 0 bridgehead atoms. The molecule has 0 atom stereocenters. The molecule has 1 N–H and O–H groups in total. The normalized spacial score (nSPS) is 12.2. The van der Waals surface area contributed by atoms with Crippen molar-refractivity contribution in [3.63, 3.8) is 0 Å². The molecule has 0 aromatic heterocycles. The van der Waals surface area contributed by atoms with Crippen molar-refractivity contribution in [2.45, 2.75) is 33.2 Å². The third-order valence-corrected chi connectivity index (χ3v) is 28.8. The molecule has 23 heteroatoms. The van der Waals surface area contributed by atoms with E-state index in [0.717, 1.165) is 28.2 Å². The van der Waals surface area contributed by atoms with Crippen LogP contribution in [-0.4, -0.2) is 84.0 Å². The Kier molecular flexibility index (Phi) is 24.9. The zero-order valence-electron chi connectivity index (χ0n) is 48.7. The molecule has 0 aliphatic carbocycles. The van der Waals surface area contributed by atoms with Crippen LogP contribution in [0.3, 0.4) is 0 Å². The third-order valence-electron chi connectivity index (χ3n) is 12.7. The highest BCUT2D eigenvalue weighted by atomic mass is 32.5. The van der Waals surface area contributed by atoms with Gasteiger partial charge in [-0.15, -0.1) is 0 Å². The van der Waals surface area contributed by atoms with Crippen LogP contribution in [-0.2, 0) is 48.7 Å². The lowest BCUT2D eigenvalue weighted by atomic mass is 10.2. The molecule has 8 aromatic rings. The fraction of sp³-hybridized carbons (Fsp3) is 0.206. The Morgan fingerprint density at radius 1 is 0.419 bits per heavy atom. The molecule has 0 spiro atoms. The number of hydrazone groups is 2. The number of nitrogens with one attached hydrogen (secondary N) is 1. The molecular formula is C63H72N6O9P4S3Si. The van der Waals surface area contributed by atoms with Gasteiger partial charge in [0.1, 0.15) is 34.5 Å². The van der Waals surface area contributed by atoms with Gasteiger partial charge in [-0.25, -0.2) is 9.56 Å². The Morgan fingerprint density at radius 3 is 1.06 bits per heavy atom. The summed E-state index contributed by atoms with van der Waals surface area (Å²) in [6.07, 6.45) is 4.78. The average molecular weight is 1310 g/mol. The maximum Gasteiger partial charge on any atom is 0.500 e. The van der Waals surface area contributed by atoms with E-state index in [9.17, 15) is 0 Å². The Balaban J connectivity index is 1.11. The molecule has 8 aromatic carbocycles. The smallest absolute Gasteiger partial charge is 0.420 e. The van der Waals surface area contributed by atoms with Gasteiger partial charge in [-0.1, -0.05) is 133 Å². The lowest BCUT2D eigenvalue weighted by Crippen LogP contribution is -2.46. The Hall–Kier alpha value is -6.26. The number of benzene rings is 8. The molecule has 86 heavy (non-hydrogen) atoms. The largest absolute Gasteiger partial charge is 0.500 e. The summed E-state index contributed by atoms with van der Waals surface area (Å²) >= 11 is 18.9. The minimum absolute atomic E-state index is 0.452. The maximum atomic E-state index is 7.00. The lowest BCUT2D eigenvalue weighted by Gasteiger charge is -2.30. The van der Waals surface area contributed by atoms with Crippen molar-refractivity contribution in [3.8, 4) is 34.5 Å². The molecule has 0 aliphatic rings. The molecule has 450 valence electrons. The van der Waals surface area contributed by atoms with Crippen LogP contribution in [0, 0.1) is 0 Å². The molecule has 0 saturated heterocycles. The van der Waals surface area contributed by atoms with Gasteiger partial charge >= 0.3 is 28.7 Å². The standard InChI is InChI=1S/C63H72N6O9P4S3Si/c1-6-70-86(71-7-2,72-8-3)51-27-48-64-49-50-79(62-36-23-13-24-37-62,63-38-25-14-26-39-63)67-80(83,73-60-44-40-54(41-45-60)52-65-68(4)81(84,75-56-28-15-9-16-29-56)76-57-30-17-10-18-31-57)74-61-46-42-55(43-47-61)53-66-69(5)82(85,77-58-32-19-11-20-33-58)78-59-34-21-12-22-35-59/h9-26,28-47,52-53,64H,6-8,27,48-51H2,1-5H3/b65-52+,66-53+. The van der Waals surface area contributed by atoms with Gasteiger partial charge in [0.2, 0.25) is 0 Å². The predicted octanol–water partition coefficient (Wildman–Crippen LogP) is 15.5. The summed E-state index contributed by atoms with van der Waals surface area (Å²) in [5, 5.41) is 15.3.